The maximum absolute atomic E-state index is 11.4. The number of aromatic nitrogens is 1. The number of ether oxygens (including phenoxy) is 1. The third kappa shape index (κ3) is 3.79. The molecule has 1 saturated heterocycles. The van der Waals surface area contributed by atoms with E-state index in [0.29, 0.717) is 0 Å². The van der Waals surface area contributed by atoms with Gasteiger partial charge >= 0.3 is 0 Å². The molecule has 0 aliphatic carbocycles. The minimum absolute atomic E-state index is 0.0139. The number of sulfonamides is 1. The largest absolute Gasteiger partial charge is 0.497 e. The highest BCUT2D eigenvalue weighted by molar-refractivity contribution is 7.88. The average Bonchev–Trinajstić information content (AvgIpc) is 2.53. The molecule has 0 amide bonds. The van der Waals surface area contributed by atoms with Gasteiger partial charge in [-0.2, -0.15) is 0 Å². The molecule has 6 nitrogen and oxygen atoms in total. The second kappa shape index (κ2) is 6.57. The maximum Gasteiger partial charge on any atom is 0.208 e. The van der Waals surface area contributed by atoms with Gasteiger partial charge < -0.3 is 9.64 Å². The molecule has 0 atom stereocenters. The van der Waals surface area contributed by atoms with Gasteiger partial charge in [-0.05, 0) is 44.0 Å². The number of nitrogens with one attached hydrogen (secondary N) is 1. The Hall–Kier alpha value is -1.86. The van der Waals surface area contributed by atoms with Gasteiger partial charge in [0.2, 0.25) is 10.0 Å². The first-order valence-corrected chi connectivity index (χ1v) is 9.92. The fraction of sp³-hybridized carbons (Fsp3) is 0.471. The first-order valence-electron chi connectivity index (χ1n) is 8.03. The van der Waals surface area contributed by atoms with Crippen LogP contribution >= 0.6 is 0 Å². The van der Waals surface area contributed by atoms with Crippen LogP contribution in [0.5, 0.6) is 5.75 Å². The third-order valence-corrected chi connectivity index (χ3v) is 5.10. The van der Waals surface area contributed by atoms with E-state index >= 15 is 0 Å². The number of aryl methyl sites for hydroxylation is 1. The zero-order chi connectivity index (χ0) is 17.3. The van der Waals surface area contributed by atoms with Gasteiger partial charge in [-0.1, -0.05) is 0 Å². The summed E-state index contributed by atoms with van der Waals surface area (Å²) in [6.45, 7) is 3.61. The van der Waals surface area contributed by atoms with Crippen molar-refractivity contribution in [1.82, 2.24) is 9.71 Å². The molecule has 1 aliphatic heterocycles. The molecule has 1 aromatic heterocycles. The molecular formula is C17H23N3O3S. The van der Waals surface area contributed by atoms with Crippen LogP contribution in [0.4, 0.5) is 5.69 Å². The molecule has 0 radical (unpaired) electrons. The van der Waals surface area contributed by atoms with Crippen molar-refractivity contribution < 1.29 is 13.2 Å². The number of nitrogens with zero attached hydrogens (tertiary/aromatic N) is 2. The number of rotatable bonds is 4. The van der Waals surface area contributed by atoms with Gasteiger partial charge in [-0.25, -0.2) is 13.1 Å². The second-order valence-electron chi connectivity index (χ2n) is 6.32. The number of pyridine rings is 1. The van der Waals surface area contributed by atoms with E-state index in [0.717, 1.165) is 54.0 Å². The van der Waals surface area contributed by atoms with Crippen molar-refractivity contribution in [2.75, 3.05) is 31.4 Å². The van der Waals surface area contributed by atoms with Crippen LogP contribution in [-0.2, 0) is 10.0 Å². The van der Waals surface area contributed by atoms with Gasteiger partial charge in [0.15, 0.2) is 0 Å². The summed E-state index contributed by atoms with van der Waals surface area (Å²) in [5.41, 5.74) is 3.05. The number of piperidine rings is 1. The predicted octanol–water partition coefficient (Wildman–Crippen LogP) is 2.07. The lowest BCUT2D eigenvalue weighted by Crippen LogP contribution is -2.44. The normalized spacial score (nSPS) is 16.5. The minimum Gasteiger partial charge on any atom is -0.497 e. The van der Waals surface area contributed by atoms with E-state index in [1.54, 1.807) is 7.11 Å². The van der Waals surface area contributed by atoms with E-state index in [1.165, 1.54) is 6.26 Å². The van der Waals surface area contributed by atoms with Crippen LogP contribution in [0.3, 0.4) is 0 Å². The average molecular weight is 349 g/mol. The summed E-state index contributed by atoms with van der Waals surface area (Å²) in [5, 5.41) is 1.06. The van der Waals surface area contributed by atoms with Crippen LogP contribution < -0.4 is 14.4 Å². The molecule has 0 saturated carbocycles. The van der Waals surface area contributed by atoms with Crippen molar-refractivity contribution in [3.63, 3.8) is 0 Å². The Labute approximate surface area is 142 Å². The molecule has 0 bridgehead atoms. The first-order chi connectivity index (χ1) is 11.4. The lowest BCUT2D eigenvalue weighted by molar-refractivity contribution is 0.415. The molecule has 1 N–H and O–H groups in total. The number of fused-ring (bicyclic) bond motifs is 1. The van der Waals surface area contributed by atoms with Crippen LogP contribution in [0, 0.1) is 6.92 Å². The molecule has 0 unspecified atom stereocenters. The standard InChI is InChI=1S/C17H23N3O3S/c1-12-10-17(15-11-14(23-2)4-5-16(15)18-12)20-8-6-13(7-9-20)19-24(3,21)22/h4-5,10-11,13,19H,6-9H2,1-3H3. The minimum atomic E-state index is -3.15. The number of anilines is 1. The Balaban J connectivity index is 1.87. The topological polar surface area (TPSA) is 71.5 Å². The zero-order valence-electron chi connectivity index (χ0n) is 14.2. The highest BCUT2D eigenvalue weighted by atomic mass is 32.2. The van der Waals surface area contributed by atoms with Crippen LogP contribution in [0.25, 0.3) is 10.9 Å². The smallest absolute Gasteiger partial charge is 0.208 e. The van der Waals surface area contributed by atoms with Gasteiger partial charge in [0.25, 0.3) is 0 Å². The number of hydrogen-bond donors (Lipinski definition) is 1. The molecule has 130 valence electrons. The molecule has 1 fully saturated rings. The molecule has 7 heteroatoms. The van der Waals surface area contributed by atoms with Gasteiger partial charge in [-0.3, -0.25) is 4.98 Å². The number of hydrogen-bond acceptors (Lipinski definition) is 5. The maximum atomic E-state index is 11.4. The fourth-order valence-electron chi connectivity index (χ4n) is 3.25. The van der Waals surface area contributed by atoms with Crippen molar-refractivity contribution in [1.29, 1.82) is 0 Å². The third-order valence-electron chi connectivity index (χ3n) is 4.34. The van der Waals surface area contributed by atoms with Crippen LogP contribution in [0.2, 0.25) is 0 Å². The molecular weight excluding hydrogens is 326 g/mol. The predicted molar refractivity (Wildman–Crippen MR) is 96.2 cm³/mol. The van der Waals surface area contributed by atoms with Crippen LogP contribution in [0.1, 0.15) is 18.5 Å². The Morgan fingerprint density at radius 1 is 1.25 bits per heavy atom. The Kier molecular flexibility index (Phi) is 4.64. The lowest BCUT2D eigenvalue weighted by atomic mass is 10.0. The van der Waals surface area contributed by atoms with E-state index in [9.17, 15) is 8.42 Å². The highest BCUT2D eigenvalue weighted by Crippen LogP contribution is 2.31. The molecule has 2 aromatic rings. The first kappa shape index (κ1) is 17.0. The van der Waals surface area contributed by atoms with E-state index in [4.69, 9.17) is 4.74 Å². The summed E-state index contributed by atoms with van der Waals surface area (Å²) in [6.07, 6.45) is 2.80. The summed E-state index contributed by atoms with van der Waals surface area (Å²) < 4.78 is 30.8. The summed E-state index contributed by atoms with van der Waals surface area (Å²) in [7, 11) is -1.49. The summed E-state index contributed by atoms with van der Waals surface area (Å²) >= 11 is 0. The lowest BCUT2D eigenvalue weighted by Gasteiger charge is -2.34. The van der Waals surface area contributed by atoms with E-state index in [2.05, 4.69) is 20.7 Å². The van der Waals surface area contributed by atoms with Crippen molar-refractivity contribution in [3.8, 4) is 5.75 Å². The van der Waals surface area contributed by atoms with Gasteiger partial charge in [0.1, 0.15) is 5.75 Å². The summed E-state index contributed by atoms with van der Waals surface area (Å²) in [4.78, 5) is 6.90. The van der Waals surface area contributed by atoms with Crippen LogP contribution in [-0.4, -0.2) is 45.9 Å². The molecule has 1 aliphatic rings. The number of methoxy groups -OCH3 is 1. The van der Waals surface area contributed by atoms with Crippen molar-refractivity contribution in [2.24, 2.45) is 0 Å². The van der Waals surface area contributed by atoms with Gasteiger partial charge in [0, 0.05) is 35.9 Å². The Bertz CT molecular complexity index is 844. The van der Waals surface area contributed by atoms with Crippen molar-refractivity contribution in [3.05, 3.63) is 30.0 Å². The monoisotopic (exact) mass is 349 g/mol. The van der Waals surface area contributed by atoms with E-state index in [-0.39, 0.29) is 6.04 Å². The molecule has 2 heterocycles. The summed E-state index contributed by atoms with van der Waals surface area (Å²) in [5.74, 6) is 0.808. The van der Waals surface area contributed by atoms with E-state index in [1.807, 2.05) is 25.1 Å². The van der Waals surface area contributed by atoms with Crippen molar-refractivity contribution in [2.45, 2.75) is 25.8 Å². The van der Waals surface area contributed by atoms with Gasteiger partial charge in [0.05, 0.1) is 18.9 Å². The van der Waals surface area contributed by atoms with Crippen LogP contribution in [0.15, 0.2) is 24.3 Å². The molecule has 3 rings (SSSR count). The van der Waals surface area contributed by atoms with Gasteiger partial charge in [-0.15, -0.1) is 0 Å². The quantitative estimate of drug-likeness (QED) is 0.915. The molecule has 0 spiro atoms. The zero-order valence-corrected chi connectivity index (χ0v) is 15.1. The van der Waals surface area contributed by atoms with E-state index < -0.39 is 10.0 Å². The molecule has 1 aromatic carbocycles. The highest BCUT2D eigenvalue weighted by Gasteiger charge is 2.23. The molecule has 24 heavy (non-hydrogen) atoms. The number of benzene rings is 1. The second-order valence-corrected chi connectivity index (χ2v) is 8.10. The Morgan fingerprint density at radius 3 is 2.58 bits per heavy atom. The Morgan fingerprint density at radius 2 is 1.96 bits per heavy atom. The van der Waals surface area contributed by atoms with Crippen molar-refractivity contribution >= 4 is 26.6 Å². The summed E-state index contributed by atoms with van der Waals surface area (Å²) in [6, 6.07) is 8.01. The fourth-order valence-corrected chi connectivity index (χ4v) is 4.09. The SMILES string of the molecule is COc1ccc2nc(C)cc(N3CCC(NS(C)(=O)=O)CC3)c2c1.